The lowest BCUT2D eigenvalue weighted by molar-refractivity contribution is 0.0923. The van der Waals surface area contributed by atoms with Crippen LogP contribution in [0.1, 0.15) is 17.3 Å². The van der Waals surface area contributed by atoms with Gasteiger partial charge in [0.25, 0.3) is 5.91 Å². The molecule has 1 atom stereocenters. The number of amides is 1. The minimum absolute atomic E-state index is 0.0605. The van der Waals surface area contributed by atoms with Crippen molar-refractivity contribution in [1.82, 2.24) is 10.3 Å². The van der Waals surface area contributed by atoms with Crippen molar-refractivity contribution in [2.45, 2.75) is 13.0 Å². The SMILES string of the molecule is C[C@@H](O)CNC(=O)c1cncc(O)c1. The van der Waals surface area contributed by atoms with Crippen LogP contribution in [-0.2, 0) is 0 Å². The lowest BCUT2D eigenvalue weighted by Crippen LogP contribution is -2.30. The van der Waals surface area contributed by atoms with Gasteiger partial charge in [0.2, 0.25) is 0 Å². The number of hydrogen-bond donors (Lipinski definition) is 3. The van der Waals surface area contributed by atoms with Gasteiger partial charge < -0.3 is 15.5 Å². The van der Waals surface area contributed by atoms with E-state index in [1.54, 1.807) is 6.92 Å². The normalized spacial score (nSPS) is 12.1. The fourth-order valence-corrected chi connectivity index (χ4v) is 0.894. The summed E-state index contributed by atoms with van der Waals surface area (Å²) in [5.74, 6) is -0.427. The van der Waals surface area contributed by atoms with E-state index in [1.807, 2.05) is 0 Å². The Morgan fingerprint density at radius 1 is 1.64 bits per heavy atom. The molecule has 0 saturated heterocycles. The summed E-state index contributed by atoms with van der Waals surface area (Å²) < 4.78 is 0. The second-order valence-corrected chi connectivity index (χ2v) is 2.99. The summed E-state index contributed by atoms with van der Waals surface area (Å²) in [5.41, 5.74) is 0.269. The number of aromatic hydroxyl groups is 1. The molecule has 3 N–H and O–H groups in total. The second-order valence-electron chi connectivity index (χ2n) is 2.99. The van der Waals surface area contributed by atoms with Crippen LogP contribution in [0, 0.1) is 0 Å². The minimum atomic E-state index is -0.593. The molecule has 0 radical (unpaired) electrons. The Balaban J connectivity index is 2.61. The van der Waals surface area contributed by atoms with E-state index in [2.05, 4.69) is 10.3 Å². The van der Waals surface area contributed by atoms with E-state index in [0.29, 0.717) is 0 Å². The van der Waals surface area contributed by atoms with E-state index in [9.17, 15) is 4.79 Å². The van der Waals surface area contributed by atoms with Gasteiger partial charge in [0, 0.05) is 12.7 Å². The minimum Gasteiger partial charge on any atom is -0.506 e. The molecule has 0 bridgehead atoms. The fraction of sp³-hybridized carbons (Fsp3) is 0.333. The summed E-state index contributed by atoms with van der Waals surface area (Å²) >= 11 is 0. The standard InChI is InChI=1S/C9H12N2O3/c1-6(12)3-11-9(14)7-2-8(13)5-10-4-7/h2,4-6,12-13H,3H2,1H3,(H,11,14)/t6-/m1/s1. The van der Waals surface area contributed by atoms with E-state index in [1.165, 1.54) is 18.5 Å². The molecule has 0 spiro atoms. The molecule has 1 aromatic rings. The van der Waals surface area contributed by atoms with E-state index in [4.69, 9.17) is 10.2 Å². The first-order valence-corrected chi connectivity index (χ1v) is 4.20. The van der Waals surface area contributed by atoms with E-state index in [0.717, 1.165) is 0 Å². The lowest BCUT2D eigenvalue weighted by Gasteiger charge is -2.06. The van der Waals surface area contributed by atoms with Gasteiger partial charge in [-0.15, -0.1) is 0 Å². The molecule has 0 aliphatic carbocycles. The first-order chi connectivity index (χ1) is 6.59. The molecule has 0 aliphatic heterocycles. The van der Waals surface area contributed by atoms with Crippen molar-refractivity contribution in [2.75, 3.05) is 6.54 Å². The zero-order valence-corrected chi connectivity index (χ0v) is 7.77. The van der Waals surface area contributed by atoms with Gasteiger partial charge in [-0.1, -0.05) is 0 Å². The van der Waals surface area contributed by atoms with E-state index >= 15 is 0 Å². The Labute approximate surface area is 81.4 Å². The molecule has 1 rings (SSSR count). The summed E-state index contributed by atoms with van der Waals surface area (Å²) in [5, 5.41) is 20.5. The monoisotopic (exact) mass is 196 g/mol. The second kappa shape index (κ2) is 4.57. The highest BCUT2D eigenvalue weighted by molar-refractivity contribution is 5.94. The maximum Gasteiger partial charge on any atom is 0.253 e. The fourth-order valence-electron chi connectivity index (χ4n) is 0.894. The molecule has 1 aromatic heterocycles. The van der Waals surface area contributed by atoms with E-state index < -0.39 is 6.10 Å². The third kappa shape index (κ3) is 3.02. The molecule has 76 valence electrons. The van der Waals surface area contributed by atoms with Crippen LogP contribution >= 0.6 is 0 Å². The Kier molecular flexibility index (Phi) is 3.41. The lowest BCUT2D eigenvalue weighted by atomic mass is 10.2. The molecular weight excluding hydrogens is 184 g/mol. The number of nitrogens with zero attached hydrogens (tertiary/aromatic N) is 1. The zero-order valence-electron chi connectivity index (χ0n) is 7.77. The molecule has 5 heteroatoms. The maximum atomic E-state index is 11.3. The molecule has 0 fully saturated rings. The van der Waals surface area contributed by atoms with Crippen molar-refractivity contribution in [3.63, 3.8) is 0 Å². The Morgan fingerprint density at radius 2 is 2.36 bits per heavy atom. The Bertz CT molecular complexity index is 326. The van der Waals surface area contributed by atoms with Gasteiger partial charge in [-0.05, 0) is 13.0 Å². The van der Waals surface area contributed by atoms with Crippen molar-refractivity contribution in [1.29, 1.82) is 0 Å². The van der Waals surface area contributed by atoms with Gasteiger partial charge in [0.1, 0.15) is 5.75 Å². The van der Waals surface area contributed by atoms with Crippen LogP contribution in [-0.4, -0.2) is 33.8 Å². The third-order valence-electron chi connectivity index (χ3n) is 1.54. The summed E-state index contributed by atoms with van der Waals surface area (Å²) in [4.78, 5) is 15.0. The van der Waals surface area contributed by atoms with E-state index in [-0.39, 0.29) is 23.8 Å². The zero-order chi connectivity index (χ0) is 10.6. The maximum absolute atomic E-state index is 11.3. The average Bonchev–Trinajstić information content (AvgIpc) is 2.14. The van der Waals surface area contributed by atoms with Crippen molar-refractivity contribution in [2.24, 2.45) is 0 Å². The third-order valence-corrected chi connectivity index (χ3v) is 1.54. The number of nitrogens with one attached hydrogen (secondary N) is 1. The summed E-state index contributed by atoms with van der Waals surface area (Å²) in [7, 11) is 0. The first kappa shape index (κ1) is 10.5. The van der Waals surface area contributed by atoms with Gasteiger partial charge in [0.05, 0.1) is 17.9 Å². The van der Waals surface area contributed by atoms with Crippen LogP contribution in [0.5, 0.6) is 5.75 Å². The Hall–Kier alpha value is -1.62. The Morgan fingerprint density at radius 3 is 2.93 bits per heavy atom. The topological polar surface area (TPSA) is 82.5 Å². The van der Waals surface area contributed by atoms with Crippen LogP contribution in [0.4, 0.5) is 0 Å². The molecular formula is C9H12N2O3. The van der Waals surface area contributed by atoms with Crippen molar-refractivity contribution < 1.29 is 15.0 Å². The number of aromatic nitrogens is 1. The number of hydrogen-bond acceptors (Lipinski definition) is 4. The van der Waals surface area contributed by atoms with Crippen molar-refractivity contribution in [3.8, 4) is 5.75 Å². The van der Waals surface area contributed by atoms with Crippen LogP contribution in [0.2, 0.25) is 0 Å². The molecule has 0 aliphatic rings. The van der Waals surface area contributed by atoms with Gasteiger partial charge >= 0.3 is 0 Å². The number of aliphatic hydroxyl groups is 1. The van der Waals surface area contributed by atoms with Crippen molar-refractivity contribution in [3.05, 3.63) is 24.0 Å². The van der Waals surface area contributed by atoms with Crippen molar-refractivity contribution >= 4 is 5.91 Å². The number of aliphatic hydroxyl groups excluding tert-OH is 1. The number of pyridine rings is 1. The molecule has 0 unspecified atom stereocenters. The number of carbonyl (C=O) groups excluding carboxylic acids is 1. The molecule has 1 heterocycles. The molecule has 1 amide bonds. The van der Waals surface area contributed by atoms with Gasteiger partial charge in [-0.25, -0.2) is 0 Å². The molecule has 14 heavy (non-hydrogen) atoms. The van der Waals surface area contributed by atoms with Crippen LogP contribution in [0.3, 0.4) is 0 Å². The first-order valence-electron chi connectivity index (χ1n) is 4.20. The average molecular weight is 196 g/mol. The highest BCUT2D eigenvalue weighted by Gasteiger charge is 2.06. The number of rotatable bonds is 3. The highest BCUT2D eigenvalue weighted by Crippen LogP contribution is 2.07. The summed E-state index contributed by atoms with van der Waals surface area (Å²) in [6, 6.07) is 1.31. The number of carbonyl (C=O) groups is 1. The van der Waals surface area contributed by atoms with Crippen LogP contribution < -0.4 is 5.32 Å². The molecule has 0 saturated carbocycles. The van der Waals surface area contributed by atoms with Gasteiger partial charge in [0.15, 0.2) is 0 Å². The molecule has 0 aromatic carbocycles. The van der Waals surface area contributed by atoms with Gasteiger partial charge in [-0.3, -0.25) is 9.78 Å². The smallest absolute Gasteiger partial charge is 0.253 e. The summed E-state index contributed by atoms with van der Waals surface area (Å²) in [6.45, 7) is 1.75. The van der Waals surface area contributed by atoms with Gasteiger partial charge in [-0.2, -0.15) is 0 Å². The molecule has 5 nitrogen and oxygen atoms in total. The predicted octanol–water partition coefficient (Wildman–Crippen LogP) is -0.102. The predicted molar refractivity (Wildman–Crippen MR) is 49.9 cm³/mol. The van der Waals surface area contributed by atoms with Crippen LogP contribution in [0.25, 0.3) is 0 Å². The largest absolute Gasteiger partial charge is 0.506 e. The summed E-state index contributed by atoms with van der Waals surface area (Å²) in [6.07, 6.45) is 1.99. The highest BCUT2D eigenvalue weighted by atomic mass is 16.3. The quantitative estimate of drug-likeness (QED) is 0.630. The van der Waals surface area contributed by atoms with Crippen LogP contribution in [0.15, 0.2) is 18.5 Å².